The maximum Gasteiger partial charge on any atom is 0.321 e. The summed E-state index contributed by atoms with van der Waals surface area (Å²) in [5, 5.41) is 1.93. The van der Waals surface area contributed by atoms with Gasteiger partial charge in [0.25, 0.3) is 0 Å². The van der Waals surface area contributed by atoms with Crippen LogP contribution in [0.3, 0.4) is 0 Å². The zero-order valence-electron chi connectivity index (χ0n) is 17.3. The zero-order valence-corrected chi connectivity index (χ0v) is 18.1. The Bertz CT molecular complexity index is 1110. The molecule has 2 aliphatic heterocycles. The number of ether oxygens (including phenoxy) is 2. The van der Waals surface area contributed by atoms with Gasteiger partial charge in [0, 0.05) is 24.5 Å². The number of hydrogen-bond donors (Lipinski definition) is 1. The minimum atomic E-state index is -0.805. The summed E-state index contributed by atoms with van der Waals surface area (Å²) in [5.74, 6) is 0.423. The summed E-state index contributed by atoms with van der Waals surface area (Å²) in [6.45, 7) is 7.63. The number of rotatable bonds is 4. The maximum atomic E-state index is 14.1. The topological polar surface area (TPSA) is 76.2 Å². The number of nitrogens with zero attached hydrogens (tertiary/aromatic N) is 4. The molecule has 3 aromatic rings. The number of nitrogens with one attached hydrogen (secondary N) is 1. The second-order valence-corrected chi connectivity index (χ2v) is 9.62. The Balaban J connectivity index is 1.54. The first-order valence-electron chi connectivity index (χ1n) is 10.3. The van der Waals surface area contributed by atoms with E-state index in [2.05, 4.69) is 24.8 Å². The average molecular weight is 434 g/mol. The van der Waals surface area contributed by atoms with Gasteiger partial charge >= 0.3 is 6.01 Å². The third-order valence-electron chi connectivity index (χ3n) is 5.91. The van der Waals surface area contributed by atoms with E-state index in [0.29, 0.717) is 41.8 Å². The number of fused-ring (bicyclic) bond motifs is 4. The van der Waals surface area contributed by atoms with Crippen molar-refractivity contribution >= 4 is 33.5 Å². The van der Waals surface area contributed by atoms with E-state index in [1.807, 2.05) is 26.8 Å². The van der Waals surface area contributed by atoms with Gasteiger partial charge in [-0.05, 0) is 46.2 Å². The van der Waals surface area contributed by atoms with Crippen molar-refractivity contribution in [2.75, 3.05) is 19.7 Å². The van der Waals surface area contributed by atoms with E-state index >= 15 is 0 Å². The standard InChI is InChI=1S/C21H25ClFN5O2/c1-20(2,3)30-18-14-13-5-7-24-16(22)15(13)25-17(14)26-19(27-18)29-11-21-6-4-8-28(21)10-12(23)9-21/h5,7,12H,4,6,8-11H2,1-3H3,(H,25,26,27)/t12-,21+/m1/s1. The molecule has 1 N–H and O–H groups in total. The maximum absolute atomic E-state index is 14.1. The van der Waals surface area contributed by atoms with Crippen molar-refractivity contribution in [2.24, 2.45) is 0 Å². The molecule has 0 amide bonds. The molecule has 2 atom stereocenters. The lowest BCUT2D eigenvalue weighted by Crippen LogP contribution is -2.43. The summed E-state index contributed by atoms with van der Waals surface area (Å²) in [6.07, 6.45) is 3.32. The lowest BCUT2D eigenvalue weighted by molar-refractivity contribution is 0.102. The zero-order chi connectivity index (χ0) is 21.1. The number of aromatic amines is 1. The van der Waals surface area contributed by atoms with Crippen molar-refractivity contribution in [1.29, 1.82) is 0 Å². The molecule has 0 radical (unpaired) electrons. The Morgan fingerprint density at radius 2 is 2.20 bits per heavy atom. The largest absolute Gasteiger partial charge is 0.471 e. The molecule has 0 aliphatic carbocycles. The van der Waals surface area contributed by atoms with E-state index in [-0.39, 0.29) is 11.5 Å². The molecule has 5 heterocycles. The Labute approximate surface area is 178 Å². The third-order valence-corrected chi connectivity index (χ3v) is 6.19. The van der Waals surface area contributed by atoms with E-state index in [0.717, 1.165) is 30.2 Å². The van der Waals surface area contributed by atoms with Crippen LogP contribution in [0, 0.1) is 0 Å². The van der Waals surface area contributed by atoms with E-state index in [9.17, 15) is 4.39 Å². The van der Waals surface area contributed by atoms with Crippen LogP contribution in [0.1, 0.15) is 40.0 Å². The summed E-state index contributed by atoms with van der Waals surface area (Å²) in [7, 11) is 0. The molecule has 30 heavy (non-hydrogen) atoms. The second kappa shape index (κ2) is 6.92. The molecule has 3 aromatic heterocycles. The first-order valence-corrected chi connectivity index (χ1v) is 10.7. The third kappa shape index (κ3) is 3.36. The number of H-pyrrole nitrogens is 1. The molecule has 2 aliphatic rings. The summed E-state index contributed by atoms with van der Waals surface area (Å²) in [4.78, 5) is 18.7. The highest BCUT2D eigenvalue weighted by Gasteiger charge is 2.49. The predicted octanol–water partition coefficient (Wildman–Crippen LogP) is 4.29. The van der Waals surface area contributed by atoms with E-state index in [1.165, 1.54) is 0 Å². The first kappa shape index (κ1) is 19.8. The second-order valence-electron chi connectivity index (χ2n) is 9.26. The Kier molecular flexibility index (Phi) is 4.56. The first-order chi connectivity index (χ1) is 14.2. The van der Waals surface area contributed by atoms with E-state index in [1.54, 1.807) is 6.20 Å². The summed E-state index contributed by atoms with van der Waals surface area (Å²) in [6, 6.07) is 2.07. The summed E-state index contributed by atoms with van der Waals surface area (Å²) < 4.78 is 26.3. The molecule has 7 nitrogen and oxygen atoms in total. The van der Waals surface area contributed by atoms with Crippen molar-refractivity contribution in [1.82, 2.24) is 24.8 Å². The van der Waals surface area contributed by atoms with Crippen LogP contribution in [0.15, 0.2) is 12.3 Å². The van der Waals surface area contributed by atoms with Gasteiger partial charge in [-0.15, -0.1) is 0 Å². The molecule has 0 spiro atoms. The smallest absolute Gasteiger partial charge is 0.321 e. The van der Waals surface area contributed by atoms with Gasteiger partial charge in [0.2, 0.25) is 5.88 Å². The quantitative estimate of drug-likeness (QED) is 0.618. The van der Waals surface area contributed by atoms with Crippen molar-refractivity contribution < 1.29 is 13.9 Å². The molecular formula is C21H25ClFN5O2. The van der Waals surface area contributed by atoms with Gasteiger partial charge in [-0.1, -0.05) is 11.6 Å². The fraction of sp³-hybridized carbons (Fsp3) is 0.571. The van der Waals surface area contributed by atoms with Crippen molar-refractivity contribution in [3.05, 3.63) is 17.4 Å². The van der Waals surface area contributed by atoms with Crippen molar-refractivity contribution in [2.45, 2.75) is 57.3 Å². The molecular weight excluding hydrogens is 409 g/mol. The fourth-order valence-electron chi connectivity index (χ4n) is 4.71. The van der Waals surface area contributed by atoms with Crippen LogP contribution in [0.4, 0.5) is 4.39 Å². The average Bonchev–Trinajstić information content (AvgIpc) is 3.29. The lowest BCUT2D eigenvalue weighted by Gasteiger charge is -2.30. The van der Waals surface area contributed by atoms with Gasteiger partial charge in [0.15, 0.2) is 5.15 Å². The Hall–Kier alpha value is -2.19. The van der Waals surface area contributed by atoms with Gasteiger partial charge in [0.05, 0.1) is 16.4 Å². The normalized spacial score (nSPS) is 24.6. The SMILES string of the molecule is CC(C)(C)Oc1nc(OC[C@@]23CCCN2C[C@H](F)C3)nc2[nH]c3c(Cl)nccc3c12. The van der Waals surface area contributed by atoms with Crippen LogP contribution in [0.25, 0.3) is 21.9 Å². The number of pyridine rings is 1. The van der Waals surface area contributed by atoms with Gasteiger partial charge in [-0.2, -0.15) is 9.97 Å². The van der Waals surface area contributed by atoms with E-state index in [4.69, 9.17) is 21.1 Å². The van der Waals surface area contributed by atoms with Crippen LogP contribution < -0.4 is 9.47 Å². The van der Waals surface area contributed by atoms with Gasteiger partial charge in [-0.25, -0.2) is 9.37 Å². The van der Waals surface area contributed by atoms with Crippen molar-refractivity contribution in [3.8, 4) is 11.9 Å². The number of halogens is 2. The summed E-state index contributed by atoms with van der Waals surface area (Å²) in [5.41, 5.74) is 0.513. The fourth-order valence-corrected chi connectivity index (χ4v) is 4.92. The Morgan fingerprint density at radius 1 is 1.37 bits per heavy atom. The van der Waals surface area contributed by atoms with Crippen LogP contribution in [-0.4, -0.2) is 61.8 Å². The molecule has 0 bridgehead atoms. The highest BCUT2D eigenvalue weighted by atomic mass is 35.5. The molecule has 2 fully saturated rings. The van der Waals surface area contributed by atoms with Gasteiger partial charge in [0.1, 0.15) is 24.0 Å². The predicted molar refractivity (Wildman–Crippen MR) is 113 cm³/mol. The van der Waals surface area contributed by atoms with Crippen molar-refractivity contribution in [3.63, 3.8) is 0 Å². The number of aromatic nitrogens is 4. The van der Waals surface area contributed by atoms with Crippen LogP contribution >= 0.6 is 11.6 Å². The molecule has 2 saturated heterocycles. The van der Waals surface area contributed by atoms with Crippen LogP contribution in [-0.2, 0) is 0 Å². The minimum absolute atomic E-state index is 0.209. The van der Waals surface area contributed by atoms with Crippen LogP contribution in [0.5, 0.6) is 11.9 Å². The molecule has 160 valence electrons. The highest BCUT2D eigenvalue weighted by molar-refractivity contribution is 6.35. The molecule has 0 unspecified atom stereocenters. The minimum Gasteiger partial charge on any atom is -0.471 e. The highest BCUT2D eigenvalue weighted by Crippen LogP contribution is 2.41. The molecule has 5 rings (SSSR count). The molecule has 0 aromatic carbocycles. The molecule has 9 heteroatoms. The van der Waals surface area contributed by atoms with Crippen LogP contribution in [0.2, 0.25) is 5.15 Å². The summed E-state index contributed by atoms with van der Waals surface area (Å²) >= 11 is 6.27. The lowest BCUT2D eigenvalue weighted by atomic mass is 9.95. The molecule has 0 saturated carbocycles. The van der Waals surface area contributed by atoms with Gasteiger partial charge in [-0.3, -0.25) is 4.90 Å². The van der Waals surface area contributed by atoms with E-state index < -0.39 is 11.8 Å². The Morgan fingerprint density at radius 3 is 3.00 bits per heavy atom. The monoisotopic (exact) mass is 433 g/mol. The number of alkyl halides is 1. The number of hydrogen-bond acceptors (Lipinski definition) is 6. The van der Waals surface area contributed by atoms with Gasteiger partial charge < -0.3 is 14.5 Å².